The van der Waals surface area contributed by atoms with Crippen molar-refractivity contribution in [3.05, 3.63) is 70.4 Å². The average Bonchev–Trinajstić information content (AvgIpc) is 2.55. The molecule has 5 heteroatoms. The van der Waals surface area contributed by atoms with Gasteiger partial charge in [0.05, 0.1) is 0 Å². The number of aromatic nitrogens is 1. The van der Waals surface area contributed by atoms with E-state index in [1.54, 1.807) is 30.5 Å². The molecule has 1 N–H and O–H groups in total. The number of nitrogens with zero attached hydrogens (tertiary/aromatic N) is 1. The maximum absolute atomic E-state index is 13.0. The van der Waals surface area contributed by atoms with E-state index in [0.29, 0.717) is 13.0 Å². The van der Waals surface area contributed by atoms with Gasteiger partial charge in [0.1, 0.15) is 5.82 Å². The fourth-order valence-electron chi connectivity index (χ4n) is 2.47. The molecule has 0 aliphatic heterocycles. The Bertz CT molecular complexity index is 723. The van der Waals surface area contributed by atoms with Crippen LogP contribution in [0.15, 0.2) is 53.5 Å². The van der Waals surface area contributed by atoms with E-state index in [2.05, 4.69) is 5.32 Å². The number of carbonyl (C=O) groups is 1. The fraction of sp³-hybridized carbons (Fsp3) is 0.368. The van der Waals surface area contributed by atoms with Crippen LogP contribution in [0, 0.1) is 11.7 Å². The summed E-state index contributed by atoms with van der Waals surface area (Å²) in [4.78, 5) is 23.8. The predicted molar refractivity (Wildman–Crippen MR) is 92.2 cm³/mol. The lowest BCUT2D eigenvalue weighted by atomic mass is 9.96. The maximum atomic E-state index is 13.0. The van der Waals surface area contributed by atoms with E-state index in [-0.39, 0.29) is 35.7 Å². The molecule has 1 aromatic heterocycles. The molecule has 0 aliphatic rings. The third-order valence-corrected chi connectivity index (χ3v) is 4.00. The summed E-state index contributed by atoms with van der Waals surface area (Å²) in [7, 11) is 0. The molecule has 128 valence electrons. The summed E-state index contributed by atoms with van der Waals surface area (Å²) in [5, 5.41) is 3.02. The van der Waals surface area contributed by atoms with Crippen molar-refractivity contribution in [3.8, 4) is 0 Å². The number of pyridine rings is 1. The summed E-state index contributed by atoms with van der Waals surface area (Å²) in [6.07, 6.45) is 2.57. The Morgan fingerprint density at radius 2 is 1.88 bits per heavy atom. The van der Waals surface area contributed by atoms with Crippen LogP contribution in [0.4, 0.5) is 4.39 Å². The van der Waals surface area contributed by atoms with Crippen LogP contribution in [0.5, 0.6) is 0 Å². The number of hydrogen-bond acceptors (Lipinski definition) is 2. The fourth-order valence-corrected chi connectivity index (χ4v) is 2.47. The quantitative estimate of drug-likeness (QED) is 0.849. The van der Waals surface area contributed by atoms with Crippen LogP contribution in [0.1, 0.15) is 25.8 Å². The highest BCUT2D eigenvalue weighted by Gasteiger charge is 2.17. The van der Waals surface area contributed by atoms with Gasteiger partial charge in [0.2, 0.25) is 5.91 Å². The van der Waals surface area contributed by atoms with Gasteiger partial charge in [-0.05, 0) is 36.1 Å². The molecule has 24 heavy (non-hydrogen) atoms. The standard InChI is InChI=1S/C19H23FN2O2/c1-14(2)17(13-15-6-8-16(20)9-7-15)21-18(23)10-12-22-11-4-3-5-19(22)24/h3-9,11,14,17H,10,12-13H2,1-2H3,(H,21,23)/t17-/m1/s1. The van der Waals surface area contributed by atoms with Crippen LogP contribution in [0.3, 0.4) is 0 Å². The van der Waals surface area contributed by atoms with E-state index in [1.807, 2.05) is 13.8 Å². The van der Waals surface area contributed by atoms with Crippen molar-refractivity contribution in [3.63, 3.8) is 0 Å². The number of amides is 1. The Hall–Kier alpha value is -2.43. The summed E-state index contributed by atoms with van der Waals surface area (Å²) in [6.45, 7) is 4.43. The number of aryl methyl sites for hydroxylation is 1. The van der Waals surface area contributed by atoms with Gasteiger partial charge in [-0.15, -0.1) is 0 Å². The van der Waals surface area contributed by atoms with Crippen molar-refractivity contribution >= 4 is 5.91 Å². The van der Waals surface area contributed by atoms with Crippen LogP contribution >= 0.6 is 0 Å². The van der Waals surface area contributed by atoms with Crippen molar-refractivity contribution in [1.29, 1.82) is 0 Å². The molecule has 0 bridgehead atoms. The Morgan fingerprint density at radius 3 is 2.50 bits per heavy atom. The van der Waals surface area contributed by atoms with Crippen molar-refractivity contribution in [2.24, 2.45) is 5.92 Å². The van der Waals surface area contributed by atoms with Gasteiger partial charge in [0.15, 0.2) is 0 Å². The van der Waals surface area contributed by atoms with E-state index in [0.717, 1.165) is 5.56 Å². The molecule has 0 aliphatic carbocycles. The molecule has 2 rings (SSSR count). The molecule has 1 heterocycles. The van der Waals surface area contributed by atoms with Gasteiger partial charge >= 0.3 is 0 Å². The first-order chi connectivity index (χ1) is 11.5. The SMILES string of the molecule is CC(C)[C@@H](Cc1ccc(F)cc1)NC(=O)CCn1ccccc1=O. The number of nitrogens with one attached hydrogen (secondary N) is 1. The van der Waals surface area contributed by atoms with Gasteiger partial charge in [-0.1, -0.05) is 32.0 Å². The molecule has 1 aromatic carbocycles. The minimum absolute atomic E-state index is 0.0320. The van der Waals surface area contributed by atoms with E-state index in [9.17, 15) is 14.0 Å². The Kier molecular flexibility index (Phi) is 6.29. The van der Waals surface area contributed by atoms with Gasteiger partial charge in [-0.25, -0.2) is 4.39 Å². The minimum atomic E-state index is -0.266. The molecule has 1 atom stereocenters. The maximum Gasteiger partial charge on any atom is 0.250 e. The van der Waals surface area contributed by atoms with Crippen LogP contribution < -0.4 is 10.9 Å². The minimum Gasteiger partial charge on any atom is -0.353 e. The zero-order chi connectivity index (χ0) is 17.5. The molecule has 2 aromatic rings. The van der Waals surface area contributed by atoms with Gasteiger partial charge in [-0.3, -0.25) is 9.59 Å². The van der Waals surface area contributed by atoms with Crippen molar-refractivity contribution < 1.29 is 9.18 Å². The molecular formula is C19H23FN2O2. The number of rotatable bonds is 7. The number of halogens is 1. The molecular weight excluding hydrogens is 307 g/mol. The second kappa shape index (κ2) is 8.43. The van der Waals surface area contributed by atoms with E-state index in [1.165, 1.54) is 22.8 Å². The van der Waals surface area contributed by atoms with Crippen molar-refractivity contribution in [2.75, 3.05) is 0 Å². The molecule has 4 nitrogen and oxygen atoms in total. The Balaban J connectivity index is 1.92. The van der Waals surface area contributed by atoms with Crippen molar-refractivity contribution in [1.82, 2.24) is 9.88 Å². The highest BCUT2D eigenvalue weighted by molar-refractivity contribution is 5.76. The van der Waals surface area contributed by atoms with E-state index in [4.69, 9.17) is 0 Å². The van der Waals surface area contributed by atoms with E-state index < -0.39 is 0 Å². The van der Waals surface area contributed by atoms with Crippen LogP contribution in [0.2, 0.25) is 0 Å². The summed E-state index contributed by atoms with van der Waals surface area (Å²) in [5.74, 6) is -0.109. The summed E-state index contributed by atoms with van der Waals surface area (Å²) >= 11 is 0. The molecule has 0 spiro atoms. The van der Waals surface area contributed by atoms with E-state index >= 15 is 0 Å². The van der Waals surface area contributed by atoms with Gasteiger partial charge < -0.3 is 9.88 Å². The van der Waals surface area contributed by atoms with Gasteiger partial charge in [0.25, 0.3) is 5.56 Å². The first kappa shape index (κ1) is 17.9. The normalized spacial score (nSPS) is 12.2. The first-order valence-corrected chi connectivity index (χ1v) is 8.15. The first-order valence-electron chi connectivity index (χ1n) is 8.15. The number of carbonyl (C=O) groups excluding carboxylic acids is 1. The molecule has 0 saturated heterocycles. The summed E-state index contributed by atoms with van der Waals surface area (Å²) in [6, 6.07) is 11.2. The topological polar surface area (TPSA) is 51.1 Å². The number of benzene rings is 1. The van der Waals surface area contributed by atoms with Crippen LogP contribution in [0.25, 0.3) is 0 Å². The van der Waals surface area contributed by atoms with Crippen LogP contribution in [-0.4, -0.2) is 16.5 Å². The molecule has 0 fully saturated rings. The highest BCUT2D eigenvalue weighted by Crippen LogP contribution is 2.11. The summed E-state index contributed by atoms with van der Waals surface area (Å²) < 4.78 is 14.5. The lowest BCUT2D eigenvalue weighted by Crippen LogP contribution is -2.40. The van der Waals surface area contributed by atoms with Gasteiger partial charge in [0, 0.05) is 31.3 Å². The Morgan fingerprint density at radius 1 is 1.17 bits per heavy atom. The molecule has 0 radical (unpaired) electrons. The third-order valence-electron chi connectivity index (χ3n) is 4.00. The highest BCUT2D eigenvalue weighted by atomic mass is 19.1. The zero-order valence-electron chi connectivity index (χ0n) is 14.0. The predicted octanol–water partition coefficient (Wildman–Crippen LogP) is 2.76. The van der Waals surface area contributed by atoms with Crippen LogP contribution in [-0.2, 0) is 17.8 Å². The van der Waals surface area contributed by atoms with Crippen molar-refractivity contribution in [2.45, 2.75) is 39.3 Å². The lowest BCUT2D eigenvalue weighted by Gasteiger charge is -2.22. The number of hydrogen-bond donors (Lipinski definition) is 1. The second-order valence-electron chi connectivity index (χ2n) is 6.23. The second-order valence-corrected chi connectivity index (χ2v) is 6.23. The summed E-state index contributed by atoms with van der Waals surface area (Å²) in [5.41, 5.74) is 0.867. The third kappa shape index (κ3) is 5.33. The lowest BCUT2D eigenvalue weighted by molar-refractivity contribution is -0.122. The zero-order valence-corrected chi connectivity index (χ0v) is 14.0. The smallest absolute Gasteiger partial charge is 0.250 e. The molecule has 1 amide bonds. The monoisotopic (exact) mass is 330 g/mol. The molecule has 0 unspecified atom stereocenters. The molecule has 0 saturated carbocycles. The Labute approximate surface area is 141 Å². The largest absolute Gasteiger partial charge is 0.353 e. The average molecular weight is 330 g/mol. The van der Waals surface area contributed by atoms with Gasteiger partial charge in [-0.2, -0.15) is 0 Å².